The van der Waals surface area contributed by atoms with Gasteiger partial charge in [0.05, 0.1) is 31.5 Å². The number of methoxy groups -OCH3 is 3. The zero-order valence-electron chi connectivity index (χ0n) is 38.8. The molecule has 2 bridgehead atoms. The van der Waals surface area contributed by atoms with Crippen LogP contribution in [-0.2, 0) is 38.1 Å². The summed E-state index contributed by atoms with van der Waals surface area (Å²) in [5.41, 5.74) is 1.56. The van der Waals surface area contributed by atoms with E-state index < -0.39 is 90.0 Å². The molecule has 1 saturated carbocycles. The van der Waals surface area contributed by atoms with Crippen molar-refractivity contribution in [2.45, 2.75) is 167 Å². The number of rotatable bonds is 8. The molecule has 63 heavy (non-hydrogen) atoms. The number of allylic oxidation sites excluding steroid dienone is 3. The van der Waals surface area contributed by atoms with Crippen LogP contribution >= 0.6 is 0 Å². The lowest BCUT2D eigenvalue weighted by atomic mass is 9.81. The minimum atomic E-state index is -2.44. The number of amides is 1. The highest BCUT2D eigenvalue weighted by molar-refractivity contribution is 6.39. The molecule has 14 atom stereocenters. The molecule has 3 fully saturated rings. The number of ether oxygens (including phenoxy) is 6. The molecule has 0 radical (unpaired) electrons. The fourth-order valence-electron chi connectivity index (χ4n) is 10.1. The predicted molar refractivity (Wildman–Crippen MR) is 235 cm³/mol. The topological polar surface area (TPSA) is 188 Å². The maximum atomic E-state index is 14.5. The second-order valence-electron chi connectivity index (χ2n) is 18.7. The van der Waals surface area contributed by atoms with Crippen LogP contribution in [0.15, 0.2) is 47.6 Å². The zero-order valence-corrected chi connectivity index (χ0v) is 38.8. The molecule has 14 unspecified atom stereocenters. The number of aliphatic hydroxyl groups is 3. The van der Waals surface area contributed by atoms with Gasteiger partial charge in [-0.2, -0.15) is 0 Å². The molecule has 14 heteroatoms. The van der Waals surface area contributed by atoms with E-state index in [9.17, 15) is 34.5 Å². The van der Waals surface area contributed by atoms with Gasteiger partial charge < -0.3 is 48.6 Å². The summed E-state index contributed by atoms with van der Waals surface area (Å²) in [6, 6.07) is 5.96. The third-order valence-corrected chi connectivity index (χ3v) is 13.9. The molecule has 2 saturated heterocycles. The quantitative estimate of drug-likeness (QED) is 0.159. The van der Waals surface area contributed by atoms with Crippen LogP contribution in [0.4, 0.5) is 0 Å². The van der Waals surface area contributed by atoms with Crippen molar-refractivity contribution >= 4 is 23.4 Å². The summed E-state index contributed by atoms with van der Waals surface area (Å²) >= 11 is 0. The lowest BCUT2D eigenvalue weighted by Gasteiger charge is -2.44. The number of fused-ring (bicyclic) bond motifs is 3. The molecule has 3 N–H and O–H groups in total. The van der Waals surface area contributed by atoms with E-state index in [1.165, 1.54) is 12.0 Å². The van der Waals surface area contributed by atoms with Gasteiger partial charge >= 0.3 is 5.97 Å². The molecule has 3 aliphatic heterocycles. The molecule has 1 aromatic carbocycles. The van der Waals surface area contributed by atoms with Gasteiger partial charge in [0.1, 0.15) is 35.9 Å². The number of piperidine rings is 1. The van der Waals surface area contributed by atoms with Gasteiger partial charge in [0.2, 0.25) is 5.79 Å². The Morgan fingerprint density at radius 3 is 2.25 bits per heavy atom. The first-order chi connectivity index (χ1) is 29.9. The predicted octanol–water partition coefficient (Wildman–Crippen LogP) is 5.91. The van der Waals surface area contributed by atoms with Crippen LogP contribution in [0.5, 0.6) is 11.5 Å². The van der Waals surface area contributed by atoms with Crippen LogP contribution in [0.2, 0.25) is 0 Å². The van der Waals surface area contributed by atoms with Crippen molar-refractivity contribution in [3.05, 3.63) is 47.6 Å². The minimum Gasteiger partial charge on any atom is -0.497 e. The van der Waals surface area contributed by atoms with E-state index in [-0.39, 0.29) is 30.6 Å². The second kappa shape index (κ2) is 22.5. The maximum Gasteiger partial charge on any atom is 0.329 e. The number of ketones is 2. The van der Waals surface area contributed by atoms with Crippen molar-refractivity contribution in [1.29, 1.82) is 0 Å². The highest BCUT2D eigenvalue weighted by atomic mass is 16.7. The molecule has 0 spiro atoms. The van der Waals surface area contributed by atoms with Crippen molar-refractivity contribution in [1.82, 2.24) is 4.90 Å². The summed E-state index contributed by atoms with van der Waals surface area (Å²) in [6.07, 6.45) is 3.04. The smallest absolute Gasteiger partial charge is 0.329 e. The maximum absolute atomic E-state index is 14.5. The molecule has 352 valence electrons. The molecule has 4 aliphatic rings. The summed E-state index contributed by atoms with van der Waals surface area (Å²) in [7, 11) is 4.52. The van der Waals surface area contributed by atoms with E-state index in [1.807, 2.05) is 26.0 Å². The largest absolute Gasteiger partial charge is 0.497 e. The SMILES string of the molecule is CCC1C=C(C)CC(C)CC(OC)C2CCC(C)C(O)(O2)C(=O)C(=O)N2CCCCC2C(=O)OC(C(C)=CC2CCC(O)C(Oc3ccc(OC)cc3)C2)C(C)C(O)C(OC)C1=O. The Hall–Kier alpha value is -3.66. The van der Waals surface area contributed by atoms with Crippen molar-refractivity contribution in [2.75, 3.05) is 27.9 Å². The van der Waals surface area contributed by atoms with Gasteiger partial charge in [-0.15, -0.1) is 0 Å². The third-order valence-electron chi connectivity index (χ3n) is 13.9. The average Bonchev–Trinajstić information content (AvgIpc) is 3.27. The molecule has 5 rings (SSSR count). The van der Waals surface area contributed by atoms with Crippen molar-refractivity contribution in [2.24, 2.45) is 29.6 Å². The average molecular weight is 884 g/mol. The molecule has 0 aromatic heterocycles. The molecule has 1 aromatic rings. The third kappa shape index (κ3) is 12.0. The Morgan fingerprint density at radius 1 is 0.905 bits per heavy atom. The fourth-order valence-corrected chi connectivity index (χ4v) is 10.1. The Labute approximate surface area is 373 Å². The molecular formula is C49H73NO13. The zero-order chi connectivity index (χ0) is 46.2. The number of Topliss-reactive ketones (excluding diaryl/α,β-unsaturated/α-hetero) is 2. The monoisotopic (exact) mass is 884 g/mol. The molecule has 14 nitrogen and oxygen atoms in total. The number of esters is 1. The van der Waals surface area contributed by atoms with Crippen molar-refractivity contribution in [3.63, 3.8) is 0 Å². The van der Waals surface area contributed by atoms with Crippen LogP contribution in [0.3, 0.4) is 0 Å². The first-order valence-electron chi connectivity index (χ1n) is 23.0. The highest BCUT2D eigenvalue weighted by Crippen LogP contribution is 2.38. The van der Waals surface area contributed by atoms with E-state index in [1.54, 1.807) is 59.3 Å². The Morgan fingerprint density at radius 2 is 1.60 bits per heavy atom. The van der Waals surface area contributed by atoms with Crippen LogP contribution in [-0.4, -0.2) is 126 Å². The van der Waals surface area contributed by atoms with E-state index in [0.29, 0.717) is 81.3 Å². The van der Waals surface area contributed by atoms with Gasteiger partial charge in [0.15, 0.2) is 5.78 Å². The van der Waals surface area contributed by atoms with E-state index >= 15 is 0 Å². The van der Waals surface area contributed by atoms with Gasteiger partial charge in [-0.3, -0.25) is 14.4 Å². The first-order valence-corrected chi connectivity index (χ1v) is 23.0. The van der Waals surface area contributed by atoms with Crippen molar-refractivity contribution in [3.8, 4) is 11.5 Å². The number of cyclic esters (lactones) is 1. The summed E-state index contributed by atoms with van der Waals surface area (Å²) < 4.78 is 35.7. The molecule has 1 aliphatic carbocycles. The number of benzene rings is 1. The normalized spacial score (nSPS) is 37.3. The molecule has 3 heterocycles. The van der Waals surface area contributed by atoms with Crippen molar-refractivity contribution < 1.29 is 62.9 Å². The van der Waals surface area contributed by atoms with Gasteiger partial charge in [0.25, 0.3) is 11.7 Å². The number of hydrogen-bond donors (Lipinski definition) is 3. The van der Waals surface area contributed by atoms with E-state index in [2.05, 4.69) is 6.92 Å². The summed E-state index contributed by atoms with van der Waals surface area (Å²) in [5.74, 6) is -6.66. The Kier molecular flexibility index (Phi) is 18.0. The van der Waals surface area contributed by atoms with Crippen LogP contribution < -0.4 is 9.47 Å². The van der Waals surface area contributed by atoms with E-state index in [4.69, 9.17) is 28.4 Å². The first kappa shape index (κ1) is 50.3. The van der Waals surface area contributed by atoms with E-state index in [0.717, 1.165) is 5.57 Å². The molecule has 1 amide bonds. The number of carbonyl (C=O) groups excluding carboxylic acids is 4. The standard InChI is InChI=1S/C49H73NO13/c1-10-34-24-28(2)23-29(3)25-41(59-8)39-21-14-31(5)49(57,63-39)46(54)47(55)50-22-12-11-13-37(50)48(56)62-44(32(6)42(52)45(60-9)43(34)53)30(4)26-33-15-20-38(51)40(27-33)61-36-18-16-35(58-7)17-19-36/h16-19,24,26,29,31-34,37-42,44-45,51-52,57H,10-15,20-23,25,27H2,1-9H3. The fraction of sp³-hybridized carbons (Fsp3) is 0.714. The summed E-state index contributed by atoms with van der Waals surface area (Å²) in [4.78, 5) is 58.5. The van der Waals surface area contributed by atoms with Crippen LogP contribution in [0.1, 0.15) is 112 Å². The number of aliphatic hydroxyl groups excluding tert-OH is 2. The Bertz CT molecular complexity index is 1780. The van der Waals surface area contributed by atoms with Crippen LogP contribution in [0.25, 0.3) is 0 Å². The lowest BCUT2D eigenvalue weighted by Crippen LogP contribution is -2.61. The number of hydrogen-bond acceptors (Lipinski definition) is 13. The van der Waals surface area contributed by atoms with Gasteiger partial charge in [-0.1, -0.05) is 45.4 Å². The second-order valence-corrected chi connectivity index (χ2v) is 18.7. The lowest BCUT2D eigenvalue weighted by molar-refractivity contribution is -0.278. The summed E-state index contributed by atoms with van der Waals surface area (Å²) in [6.45, 7) is 11.2. The van der Waals surface area contributed by atoms with Gasteiger partial charge in [-0.25, -0.2) is 4.79 Å². The summed E-state index contributed by atoms with van der Waals surface area (Å²) in [5, 5.41) is 35.1. The molecular weight excluding hydrogens is 811 g/mol. The highest BCUT2D eigenvalue weighted by Gasteiger charge is 2.54. The number of carbonyl (C=O) groups is 4. The Balaban J connectivity index is 1.52. The van der Waals surface area contributed by atoms with Crippen LogP contribution in [0, 0.1) is 29.6 Å². The van der Waals surface area contributed by atoms with Gasteiger partial charge in [-0.05, 0) is 126 Å². The van der Waals surface area contributed by atoms with Gasteiger partial charge in [0, 0.05) is 38.5 Å². The minimum absolute atomic E-state index is 0.0506. The number of nitrogens with zero attached hydrogens (tertiary/aromatic N) is 1.